The zero-order chi connectivity index (χ0) is 21.5. The van der Waals surface area contributed by atoms with E-state index in [-0.39, 0.29) is 16.9 Å². The first-order valence-corrected chi connectivity index (χ1v) is 9.61. The van der Waals surface area contributed by atoms with Crippen LogP contribution in [0.5, 0.6) is 5.75 Å². The van der Waals surface area contributed by atoms with Gasteiger partial charge in [-0.2, -0.15) is 0 Å². The second-order valence-corrected chi connectivity index (χ2v) is 6.86. The van der Waals surface area contributed by atoms with E-state index in [0.29, 0.717) is 28.3 Å². The summed E-state index contributed by atoms with van der Waals surface area (Å²) in [5, 5.41) is 8.59. The molecule has 0 heterocycles. The molecule has 0 bridgehead atoms. The Morgan fingerprint density at radius 1 is 0.767 bits per heavy atom. The van der Waals surface area contributed by atoms with Gasteiger partial charge in [0.1, 0.15) is 5.75 Å². The highest BCUT2D eigenvalue weighted by Crippen LogP contribution is 2.18. The lowest BCUT2D eigenvalue weighted by Crippen LogP contribution is -2.34. The summed E-state index contributed by atoms with van der Waals surface area (Å²) in [5.74, 6) is -0.0768. The fourth-order valence-electron chi connectivity index (χ4n) is 2.83. The SMILES string of the molecule is COc1ccccc1C(=O)NC(=S)Nc1ccc(NC(=O)c2ccccc2C)cc1. The molecule has 0 fully saturated rings. The number of benzene rings is 3. The first kappa shape index (κ1) is 21.0. The molecule has 0 radical (unpaired) electrons. The van der Waals surface area contributed by atoms with Crippen molar-refractivity contribution in [2.24, 2.45) is 0 Å². The van der Waals surface area contributed by atoms with E-state index in [0.717, 1.165) is 5.56 Å². The van der Waals surface area contributed by atoms with E-state index in [1.54, 1.807) is 54.6 Å². The maximum Gasteiger partial charge on any atom is 0.261 e. The molecule has 0 atom stereocenters. The molecule has 0 saturated carbocycles. The van der Waals surface area contributed by atoms with Crippen molar-refractivity contribution in [3.8, 4) is 5.75 Å². The number of amides is 2. The Hall–Kier alpha value is -3.71. The number of hydrogen-bond donors (Lipinski definition) is 3. The van der Waals surface area contributed by atoms with Crippen LogP contribution in [-0.2, 0) is 0 Å². The van der Waals surface area contributed by atoms with Crippen molar-refractivity contribution in [1.82, 2.24) is 5.32 Å². The molecule has 3 aromatic rings. The third kappa shape index (κ3) is 5.21. The maximum atomic E-state index is 12.4. The molecular weight excluding hydrogens is 398 g/mol. The Balaban J connectivity index is 1.59. The Labute approximate surface area is 180 Å². The molecule has 30 heavy (non-hydrogen) atoms. The molecule has 3 rings (SSSR count). The van der Waals surface area contributed by atoms with Crippen LogP contribution in [0.2, 0.25) is 0 Å². The van der Waals surface area contributed by atoms with E-state index >= 15 is 0 Å². The van der Waals surface area contributed by atoms with Crippen LogP contribution in [0.3, 0.4) is 0 Å². The van der Waals surface area contributed by atoms with Crippen LogP contribution in [0.15, 0.2) is 72.8 Å². The molecule has 2 amide bonds. The summed E-state index contributed by atoms with van der Waals surface area (Å²) in [4.78, 5) is 24.8. The lowest BCUT2D eigenvalue weighted by atomic mass is 10.1. The van der Waals surface area contributed by atoms with Crippen molar-refractivity contribution in [3.63, 3.8) is 0 Å². The number of para-hydroxylation sites is 1. The van der Waals surface area contributed by atoms with Gasteiger partial charge >= 0.3 is 0 Å². The highest BCUT2D eigenvalue weighted by molar-refractivity contribution is 7.80. The number of thiocarbonyl (C=S) groups is 1. The summed E-state index contributed by atoms with van der Waals surface area (Å²) in [6, 6.07) is 21.3. The summed E-state index contributed by atoms with van der Waals surface area (Å²) in [6.07, 6.45) is 0. The second kappa shape index (κ2) is 9.67. The third-order valence-electron chi connectivity index (χ3n) is 4.37. The fourth-order valence-corrected chi connectivity index (χ4v) is 3.04. The molecule has 0 spiro atoms. The molecule has 0 aromatic heterocycles. The minimum absolute atomic E-state index is 0.155. The maximum absolute atomic E-state index is 12.4. The van der Waals surface area contributed by atoms with E-state index in [4.69, 9.17) is 17.0 Å². The standard InChI is InChI=1S/C23H21N3O3S/c1-15-7-3-4-8-18(15)21(27)24-16-11-13-17(14-12-16)25-23(30)26-22(28)19-9-5-6-10-20(19)29-2/h3-14H,1-2H3,(H,24,27)(H2,25,26,28,30). The monoisotopic (exact) mass is 419 g/mol. The van der Waals surface area contributed by atoms with Gasteiger partial charge in [-0.1, -0.05) is 30.3 Å². The Morgan fingerprint density at radius 3 is 1.97 bits per heavy atom. The Bertz CT molecular complexity index is 1080. The van der Waals surface area contributed by atoms with E-state index in [1.807, 2.05) is 25.1 Å². The zero-order valence-electron chi connectivity index (χ0n) is 16.6. The van der Waals surface area contributed by atoms with E-state index in [1.165, 1.54) is 7.11 Å². The average molecular weight is 420 g/mol. The number of carbonyl (C=O) groups is 2. The number of hydrogen-bond acceptors (Lipinski definition) is 4. The van der Waals surface area contributed by atoms with Crippen LogP contribution in [0.4, 0.5) is 11.4 Å². The van der Waals surface area contributed by atoms with Gasteiger partial charge in [0.05, 0.1) is 12.7 Å². The Kier molecular flexibility index (Phi) is 6.77. The second-order valence-electron chi connectivity index (χ2n) is 6.45. The topological polar surface area (TPSA) is 79.5 Å². The van der Waals surface area contributed by atoms with Crippen LogP contribution in [-0.4, -0.2) is 24.0 Å². The van der Waals surface area contributed by atoms with E-state index < -0.39 is 0 Å². The molecule has 0 aliphatic rings. The fraction of sp³-hybridized carbons (Fsp3) is 0.0870. The van der Waals surface area contributed by atoms with E-state index in [9.17, 15) is 9.59 Å². The van der Waals surface area contributed by atoms with Crippen LogP contribution in [0.1, 0.15) is 26.3 Å². The summed E-state index contributed by atoms with van der Waals surface area (Å²) < 4.78 is 5.19. The van der Waals surface area contributed by atoms with Gasteiger partial charge in [-0.3, -0.25) is 14.9 Å². The summed E-state index contributed by atoms with van der Waals surface area (Å²) >= 11 is 5.22. The van der Waals surface area contributed by atoms with Crippen molar-refractivity contribution in [3.05, 3.63) is 89.5 Å². The number of anilines is 2. The molecule has 0 unspecified atom stereocenters. The van der Waals surface area contributed by atoms with Crippen molar-refractivity contribution >= 4 is 40.5 Å². The first-order chi connectivity index (χ1) is 14.5. The molecule has 0 aliphatic carbocycles. The average Bonchev–Trinajstić information content (AvgIpc) is 2.75. The van der Waals surface area contributed by atoms with Crippen LogP contribution in [0, 0.1) is 6.92 Å². The summed E-state index contributed by atoms with van der Waals surface area (Å²) in [7, 11) is 1.50. The van der Waals surface area contributed by atoms with E-state index in [2.05, 4.69) is 16.0 Å². The van der Waals surface area contributed by atoms with Crippen LogP contribution < -0.4 is 20.7 Å². The summed E-state index contributed by atoms with van der Waals surface area (Å²) in [6.45, 7) is 1.89. The number of carbonyl (C=O) groups excluding carboxylic acids is 2. The lowest BCUT2D eigenvalue weighted by molar-refractivity contribution is 0.0973. The predicted octanol–water partition coefficient (Wildman–Crippen LogP) is 4.38. The number of ether oxygens (including phenoxy) is 1. The molecule has 3 aromatic carbocycles. The van der Waals surface area contributed by atoms with Gasteiger partial charge in [-0.25, -0.2) is 0 Å². The molecule has 7 heteroatoms. The van der Waals surface area contributed by atoms with Crippen molar-refractivity contribution in [2.75, 3.05) is 17.7 Å². The normalized spacial score (nSPS) is 10.1. The van der Waals surface area contributed by atoms with Gasteiger partial charge in [0, 0.05) is 16.9 Å². The molecular formula is C23H21N3O3S. The minimum atomic E-state index is -0.368. The lowest BCUT2D eigenvalue weighted by Gasteiger charge is -2.12. The largest absolute Gasteiger partial charge is 0.496 e. The molecule has 6 nitrogen and oxygen atoms in total. The van der Waals surface area contributed by atoms with Gasteiger partial charge in [0.25, 0.3) is 11.8 Å². The van der Waals surface area contributed by atoms with Gasteiger partial charge in [0.15, 0.2) is 5.11 Å². The van der Waals surface area contributed by atoms with Gasteiger partial charge in [0.2, 0.25) is 0 Å². The minimum Gasteiger partial charge on any atom is -0.496 e. The third-order valence-corrected chi connectivity index (χ3v) is 4.57. The van der Waals surface area contributed by atoms with Gasteiger partial charge < -0.3 is 15.4 Å². The number of rotatable bonds is 5. The predicted molar refractivity (Wildman–Crippen MR) is 122 cm³/mol. The van der Waals surface area contributed by atoms with Gasteiger partial charge in [-0.05, 0) is 67.2 Å². The number of aryl methyl sites for hydroxylation is 1. The number of methoxy groups -OCH3 is 1. The molecule has 152 valence electrons. The molecule has 0 saturated heterocycles. The molecule has 3 N–H and O–H groups in total. The highest BCUT2D eigenvalue weighted by atomic mass is 32.1. The van der Waals surface area contributed by atoms with Crippen LogP contribution in [0.25, 0.3) is 0 Å². The number of nitrogens with one attached hydrogen (secondary N) is 3. The quantitative estimate of drug-likeness (QED) is 0.535. The Morgan fingerprint density at radius 2 is 1.33 bits per heavy atom. The van der Waals surface area contributed by atoms with Crippen molar-refractivity contribution in [1.29, 1.82) is 0 Å². The van der Waals surface area contributed by atoms with Gasteiger partial charge in [-0.15, -0.1) is 0 Å². The first-order valence-electron chi connectivity index (χ1n) is 9.20. The van der Waals surface area contributed by atoms with Crippen molar-refractivity contribution < 1.29 is 14.3 Å². The highest BCUT2D eigenvalue weighted by Gasteiger charge is 2.13. The molecule has 0 aliphatic heterocycles. The summed E-state index contributed by atoms with van der Waals surface area (Å²) in [5.41, 5.74) is 3.25. The zero-order valence-corrected chi connectivity index (χ0v) is 17.4. The smallest absolute Gasteiger partial charge is 0.261 e. The van der Waals surface area contributed by atoms with Crippen molar-refractivity contribution in [2.45, 2.75) is 6.92 Å². The van der Waals surface area contributed by atoms with Crippen LogP contribution >= 0.6 is 12.2 Å².